The fourth-order valence-corrected chi connectivity index (χ4v) is 4.32. The van der Waals surface area contributed by atoms with Crippen LogP contribution in [0.15, 0.2) is 42.5 Å². The number of hydrogen-bond donors (Lipinski definition) is 0. The fraction of sp³-hybridized carbons (Fsp3) is 0.368. The van der Waals surface area contributed by atoms with Gasteiger partial charge in [0.25, 0.3) is 11.4 Å². The first kappa shape index (κ1) is 17.6. The van der Waals surface area contributed by atoms with Crippen LogP contribution >= 0.6 is 0 Å². The van der Waals surface area contributed by atoms with Gasteiger partial charge in [0.05, 0.1) is 21.9 Å². The molecular weight excluding hydrogens is 348 g/mol. The number of piperazine rings is 1. The number of benzene rings is 2. The molecule has 2 aromatic rings. The van der Waals surface area contributed by atoms with Gasteiger partial charge in [-0.1, -0.05) is 18.2 Å². The molecule has 2 heterocycles. The van der Waals surface area contributed by atoms with Crippen LogP contribution in [0.2, 0.25) is 0 Å². The summed E-state index contributed by atoms with van der Waals surface area (Å²) in [7, 11) is 2.04. The maximum absolute atomic E-state index is 11.3. The molecule has 0 saturated carbocycles. The second kappa shape index (κ2) is 6.71. The normalized spacial score (nSPS) is 22.7. The van der Waals surface area contributed by atoms with E-state index in [0.29, 0.717) is 0 Å². The molecule has 0 N–H and O–H groups in total. The van der Waals surface area contributed by atoms with E-state index in [0.717, 1.165) is 42.7 Å². The molecule has 0 aliphatic carbocycles. The third-order valence-corrected chi connectivity index (χ3v) is 5.68. The van der Waals surface area contributed by atoms with Crippen molar-refractivity contribution in [3.05, 3.63) is 79.4 Å². The van der Waals surface area contributed by atoms with Crippen molar-refractivity contribution in [3.63, 3.8) is 0 Å². The molecule has 4 rings (SSSR count). The van der Waals surface area contributed by atoms with Crippen molar-refractivity contribution < 1.29 is 9.85 Å². The molecule has 8 heteroatoms. The Labute approximate surface area is 156 Å². The lowest BCUT2D eigenvalue weighted by Gasteiger charge is -2.49. The van der Waals surface area contributed by atoms with E-state index >= 15 is 0 Å². The van der Waals surface area contributed by atoms with E-state index in [-0.39, 0.29) is 28.4 Å². The van der Waals surface area contributed by atoms with Crippen molar-refractivity contribution in [1.82, 2.24) is 9.80 Å². The summed E-state index contributed by atoms with van der Waals surface area (Å²) in [6.07, 6.45) is 0.876. The molecule has 2 aliphatic rings. The zero-order valence-corrected chi connectivity index (χ0v) is 14.9. The van der Waals surface area contributed by atoms with Crippen LogP contribution in [0.5, 0.6) is 0 Å². The Kier molecular flexibility index (Phi) is 4.37. The van der Waals surface area contributed by atoms with Crippen molar-refractivity contribution in [2.24, 2.45) is 0 Å². The van der Waals surface area contributed by atoms with Crippen LogP contribution in [0.1, 0.15) is 28.8 Å². The van der Waals surface area contributed by atoms with Crippen molar-refractivity contribution in [1.29, 1.82) is 0 Å². The topological polar surface area (TPSA) is 92.8 Å². The largest absolute Gasteiger partial charge is 0.296 e. The maximum Gasteiger partial charge on any atom is 0.269 e. The molecule has 2 aromatic carbocycles. The van der Waals surface area contributed by atoms with E-state index in [4.69, 9.17) is 0 Å². The molecular formula is C19H20N4O4. The monoisotopic (exact) mass is 368 g/mol. The first-order valence-electron chi connectivity index (χ1n) is 8.91. The van der Waals surface area contributed by atoms with E-state index in [1.54, 1.807) is 24.3 Å². The summed E-state index contributed by atoms with van der Waals surface area (Å²) in [5.41, 5.74) is 3.28. The maximum atomic E-state index is 11.3. The second-order valence-electron chi connectivity index (χ2n) is 7.15. The molecule has 2 aliphatic heterocycles. The van der Waals surface area contributed by atoms with Crippen molar-refractivity contribution in [3.8, 4) is 0 Å². The highest BCUT2D eigenvalue weighted by Gasteiger charge is 2.40. The smallest absolute Gasteiger partial charge is 0.269 e. The molecule has 0 radical (unpaired) electrons. The van der Waals surface area contributed by atoms with E-state index in [1.165, 1.54) is 12.1 Å². The molecule has 27 heavy (non-hydrogen) atoms. The Hall–Kier alpha value is -2.84. The van der Waals surface area contributed by atoms with Gasteiger partial charge in [-0.25, -0.2) is 0 Å². The van der Waals surface area contributed by atoms with Crippen LogP contribution in [-0.4, -0.2) is 46.3 Å². The molecule has 0 aromatic heterocycles. The summed E-state index contributed by atoms with van der Waals surface area (Å²) in [6, 6.07) is 11.8. The Balaban J connectivity index is 1.79. The summed E-state index contributed by atoms with van der Waals surface area (Å²) >= 11 is 0. The highest BCUT2D eigenvalue weighted by Crippen LogP contribution is 2.45. The lowest BCUT2D eigenvalue weighted by atomic mass is 9.83. The number of hydrogen-bond acceptors (Lipinski definition) is 6. The quantitative estimate of drug-likeness (QED) is 0.610. The van der Waals surface area contributed by atoms with E-state index < -0.39 is 4.92 Å². The standard InChI is InChI=1S/C19H20N4O4/c1-20-10-11-21-9-8-13-2-7-16(23(26)27)12-17(13)19(21)18(20)14-3-5-15(6-4-14)22(24)25/h2-7,12,18-19H,8-11H2,1H3/t18-,19-/m0/s1. The summed E-state index contributed by atoms with van der Waals surface area (Å²) < 4.78 is 0. The molecule has 2 atom stereocenters. The summed E-state index contributed by atoms with van der Waals surface area (Å²) in [4.78, 5) is 26.1. The van der Waals surface area contributed by atoms with Gasteiger partial charge >= 0.3 is 0 Å². The van der Waals surface area contributed by atoms with Gasteiger partial charge in [0.1, 0.15) is 0 Å². The van der Waals surface area contributed by atoms with Gasteiger partial charge in [0.15, 0.2) is 0 Å². The average Bonchev–Trinajstić information content (AvgIpc) is 2.67. The lowest BCUT2D eigenvalue weighted by Crippen LogP contribution is -2.51. The predicted molar refractivity (Wildman–Crippen MR) is 99.6 cm³/mol. The van der Waals surface area contributed by atoms with Crippen LogP contribution in [0, 0.1) is 20.2 Å². The van der Waals surface area contributed by atoms with Gasteiger partial charge in [-0.15, -0.1) is 0 Å². The SMILES string of the molecule is CN1CCN2CCc3ccc([N+](=O)[O-])cc3[C@H]2[C@@H]1c1ccc([N+](=O)[O-])cc1. The number of nitro benzene ring substituents is 2. The minimum absolute atomic E-state index is 0.00569. The Bertz CT molecular complexity index is 899. The summed E-state index contributed by atoms with van der Waals surface area (Å²) in [5, 5.41) is 22.3. The molecule has 8 nitrogen and oxygen atoms in total. The van der Waals surface area contributed by atoms with Gasteiger partial charge in [-0.2, -0.15) is 0 Å². The zero-order chi connectivity index (χ0) is 19.1. The average molecular weight is 368 g/mol. The minimum Gasteiger partial charge on any atom is -0.296 e. The van der Waals surface area contributed by atoms with Gasteiger partial charge in [0, 0.05) is 43.9 Å². The summed E-state index contributed by atoms with van der Waals surface area (Å²) in [5.74, 6) is 0. The van der Waals surface area contributed by atoms with E-state index in [1.807, 2.05) is 13.1 Å². The third kappa shape index (κ3) is 3.07. The number of nitrogens with zero attached hydrogens (tertiary/aromatic N) is 4. The van der Waals surface area contributed by atoms with Gasteiger partial charge in [-0.05, 0) is 30.2 Å². The van der Waals surface area contributed by atoms with Gasteiger partial charge in [0.2, 0.25) is 0 Å². The van der Waals surface area contributed by atoms with Crippen LogP contribution in [0.3, 0.4) is 0 Å². The number of non-ortho nitro benzene ring substituents is 2. The molecule has 140 valence electrons. The lowest BCUT2D eigenvalue weighted by molar-refractivity contribution is -0.385. The zero-order valence-electron chi connectivity index (χ0n) is 14.9. The Morgan fingerprint density at radius 2 is 1.56 bits per heavy atom. The number of nitro groups is 2. The van der Waals surface area contributed by atoms with E-state index in [9.17, 15) is 20.2 Å². The van der Waals surface area contributed by atoms with Crippen LogP contribution < -0.4 is 0 Å². The number of rotatable bonds is 3. The highest BCUT2D eigenvalue weighted by atomic mass is 16.6. The molecule has 0 spiro atoms. The van der Waals surface area contributed by atoms with Gasteiger partial charge < -0.3 is 0 Å². The first-order valence-corrected chi connectivity index (χ1v) is 8.91. The fourth-order valence-electron chi connectivity index (χ4n) is 4.32. The number of fused-ring (bicyclic) bond motifs is 3. The molecule has 0 amide bonds. The van der Waals surface area contributed by atoms with Crippen LogP contribution in [-0.2, 0) is 6.42 Å². The molecule has 0 bridgehead atoms. The predicted octanol–water partition coefficient (Wildman–Crippen LogP) is 3.09. The van der Waals surface area contributed by atoms with Gasteiger partial charge in [-0.3, -0.25) is 30.0 Å². The molecule has 1 fully saturated rings. The Morgan fingerprint density at radius 1 is 0.889 bits per heavy atom. The Morgan fingerprint density at radius 3 is 2.22 bits per heavy atom. The first-order chi connectivity index (χ1) is 13.0. The second-order valence-corrected chi connectivity index (χ2v) is 7.15. The van der Waals surface area contributed by atoms with Crippen LogP contribution in [0.25, 0.3) is 0 Å². The van der Waals surface area contributed by atoms with Crippen LogP contribution in [0.4, 0.5) is 11.4 Å². The summed E-state index contributed by atoms with van der Waals surface area (Å²) in [6.45, 7) is 2.68. The highest BCUT2D eigenvalue weighted by molar-refractivity contribution is 5.45. The number of likely N-dealkylation sites (N-methyl/N-ethyl adjacent to an activating group) is 1. The minimum atomic E-state index is -0.403. The molecule has 1 saturated heterocycles. The molecule has 0 unspecified atom stereocenters. The third-order valence-electron chi connectivity index (χ3n) is 5.68. The van der Waals surface area contributed by atoms with Crippen molar-refractivity contribution in [2.45, 2.75) is 18.5 Å². The van der Waals surface area contributed by atoms with E-state index in [2.05, 4.69) is 9.80 Å². The van der Waals surface area contributed by atoms with Crippen molar-refractivity contribution >= 4 is 11.4 Å². The van der Waals surface area contributed by atoms with Crippen molar-refractivity contribution in [2.75, 3.05) is 26.7 Å².